The predicted octanol–water partition coefficient (Wildman–Crippen LogP) is 2.59. The zero-order chi connectivity index (χ0) is 18.4. The molecule has 0 radical (unpaired) electrons. The molecular formula is C19H23BrN3O2+. The van der Waals surface area contributed by atoms with Gasteiger partial charge in [-0.1, -0.05) is 35.0 Å². The maximum Gasteiger partial charge on any atom is 0.282 e. The lowest BCUT2D eigenvalue weighted by Crippen LogP contribution is -2.92. The van der Waals surface area contributed by atoms with E-state index < -0.39 is 5.91 Å². The third-order valence-electron chi connectivity index (χ3n) is 4.11. The van der Waals surface area contributed by atoms with Crippen molar-refractivity contribution in [1.82, 2.24) is 0 Å². The lowest BCUT2D eigenvalue weighted by Gasteiger charge is -2.19. The molecule has 0 spiro atoms. The molecule has 6 heteroatoms. The highest BCUT2D eigenvalue weighted by atomic mass is 79.9. The van der Waals surface area contributed by atoms with Crippen LogP contribution < -0.4 is 16.4 Å². The average Bonchev–Trinajstić information content (AvgIpc) is 2.60. The van der Waals surface area contributed by atoms with Crippen LogP contribution >= 0.6 is 15.9 Å². The lowest BCUT2D eigenvalue weighted by molar-refractivity contribution is -0.713. The number of rotatable bonds is 7. The second-order valence-electron chi connectivity index (χ2n) is 5.98. The highest BCUT2D eigenvalue weighted by molar-refractivity contribution is 9.10. The van der Waals surface area contributed by atoms with E-state index in [0.717, 1.165) is 10.9 Å². The summed E-state index contributed by atoms with van der Waals surface area (Å²) in [6.45, 7) is 3.99. The quantitative estimate of drug-likeness (QED) is 0.661. The molecule has 5 N–H and O–H groups in total. The largest absolute Gasteiger partial charge is 0.366 e. The number of quaternary nitrogens is 1. The third kappa shape index (κ3) is 5.41. The molecule has 0 saturated heterocycles. The van der Waals surface area contributed by atoms with Crippen molar-refractivity contribution in [3.63, 3.8) is 0 Å². The molecule has 0 bridgehead atoms. The Kier molecular flexibility index (Phi) is 6.73. The number of nitrogens with one attached hydrogen (secondary N) is 1. The standard InChI is InChI=1S/C19H22BrN3O2/c1-3-17(13-4-8-15(20)9-5-13)22-12(2)19(25)23-16-10-6-14(7-11-16)18(21)24/h4-12,17,22H,3H2,1-2H3,(H2,21,24)(H,23,25)/p+1/t12-,17+/m1/s1. The molecule has 0 aliphatic rings. The van der Waals surface area contributed by atoms with Crippen molar-refractivity contribution in [2.45, 2.75) is 32.4 Å². The van der Waals surface area contributed by atoms with Gasteiger partial charge in [0.1, 0.15) is 6.04 Å². The molecular weight excluding hydrogens is 382 g/mol. The molecule has 2 atom stereocenters. The van der Waals surface area contributed by atoms with E-state index in [-0.39, 0.29) is 18.0 Å². The van der Waals surface area contributed by atoms with Gasteiger partial charge in [0, 0.05) is 27.7 Å². The second-order valence-corrected chi connectivity index (χ2v) is 6.89. The van der Waals surface area contributed by atoms with Gasteiger partial charge >= 0.3 is 0 Å². The first-order valence-corrected chi connectivity index (χ1v) is 9.01. The molecule has 0 aliphatic carbocycles. The van der Waals surface area contributed by atoms with Crippen LogP contribution in [-0.4, -0.2) is 17.9 Å². The van der Waals surface area contributed by atoms with Crippen LogP contribution in [0.2, 0.25) is 0 Å². The molecule has 0 unspecified atom stereocenters. The van der Waals surface area contributed by atoms with Crippen molar-refractivity contribution in [1.29, 1.82) is 0 Å². The van der Waals surface area contributed by atoms with Gasteiger partial charge in [-0.2, -0.15) is 0 Å². The SMILES string of the molecule is CC[C@H]([NH2+][C@H](C)C(=O)Nc1ccc(C(N)=O)cc1)c1ccc(Br)cc1. The highest BCUT2D eigenvalue weighted by Crippen LogP contribution is 2.17. The number of carbonyl (C=O) groups excluding carboxylic acids is 2. The summed E-state index contributed by atoms with van der Waals surface area (Å²) < 4.78 is 1.04. The minimum absolute atomic E-state index is 0.0811. The van der Waals surface area contributed by atoms with E-state index in [9.17, 15) is 9.59 Å². The maximum absolute atomic E-state index is 12.4. The molecule has 0 heterocycles. The zero-order valence-electron chi connectivity index (χ0n) is 14.3. The molecule has 0 aliphatic heterocycles. The van der Waals surface area contributed by atoms with Crippen LogP contribution in [0.4, 0.5) is 5.69 Å². The van der Waals surface area contributed by atoms with E-state index >= 15 is 0 Å². The molecule has 0 aromatic heterocycles. The third-order valence-corrected chi connectivity index (χ3v) is 4.64. The number of hydrogen-bond donors (Lipinski definition) is 3. The molecule has 5 nitrogen and oxygen atoms in total. The molecule has 2 rings (SSSR count). The normalized spacial score (nSPS) is 13.1. The Balaban J connectivity index is 1.98. The first-order valence-electron chi connectivity index (χ1n) is 8.22. The summed E-state index contributed by atoms with van der Waals surface area (Å²) in [6.07, 6.45) is 0.923. The van der Waals surface area contributed by atoms with Gasteiger partial charge in [-0.3, -0.25) is 9.59 Å². The Bertz CT molecular complexity index is 729. The van der Waals surface area contributed by atoms with E-state index in [1.165, 1.54) is 5.56 Å². The molecule has 2 amide bonds. The van der Waals surface area contributed by atoms with Crippen molar-refractivity contribution in [2.75, 3.05) is 5.32 Å². The summed E-state index contributed by atoms with van der Waals surface area (Å²) >= 11 is 3.44. The molecule has 132 valence electrons. The van der Waals surface area contributed by atoms with Gasteiger partial charge in [0.25, 0.3) is 5.91 Å². The Morgan fingerprint density at radius 3 is 2.24 bits per heavy atom. The number of amides is 2. The summed E-state index contributed by atoms with van der Waals surface area (Å²) in [5.41, 5.74) is 7.47. The monoisotopic (exact) mass is 404 g/mol. The first-order chi connectivity index (χ1) is 11.9. The predicted molar refractivity (Wildman–Crippen MR) is 102 cm³/mol. The zero-order valence-corrected chi connectivity index (χ0v) is 15.9. The van der Waals surface area contributed by atoms with Crippen molar-refractivity contribution in [3.8, 4) is 0 Å². The summed E-state index contributed by atoms with van der Waals surface area (Å²) in [6, 6.07) is 14.7. The fourth-order valence-electron chi connectivity index (χ4n) is 2.60. The van der Waals surface area contributed by atoms with Crippen LogP contribution in [0.5, 0.6) is 0 Å². The minimum atomic E-state index is -0.486. The van der Waals surface area contributed by atoms with Gasteiger partial charge in [0.05, 0.1) is 0 Å². The van der Waals surface area contributed by atoms with E-state index in [2.05, 4.69) is 45.6 Å². The van der Waals surface area contributed by atoms with Crippen LogP contribution in [0.25, 0.3) is 0 Å². The van der Waals surface area contributed by atoms with Crippen LogP contribution in [0.1, 0.15) is 42.2 Å². The number of halogens is 1. The number of primary amides is 1. The van der Waals surface area contributed by atoms with Crippen molar-refractivity contribution >= 4 is 33.4 Å². The number of nitrogens with two attached hydrogens (primary N) is 2. The molecule has 25 heavy (non-hydrogen) atoms. The van der Waals surface area contributed by atoms with Gasteiger partial charge in [-0.05, 0) is 43.3 Å². The average molecular weight is 405 g/mol. The summed E-state index contributed by atoms with van der Waals surface area (Å²) in [5.74, 6) is -0.567. The fraction of sp³-hybridized carbons (Fsp3) is 0.263. The van der Waals surface area contributed by atoms with E-state index in [1.54, 1.807) is 24.3 Å². The van der Waals surface area contributed by atoms with Crippen molar-refractivity contribution < 1.29 is 14.9 Å². The summed E-state index contributed by atoms with van der Waals surface area (Å²) in [5, 5.41) is 4.93. The van der Waals surface area contributed by atoms with Gasteiger partial charge in [-0.15, -0.1) is 0 Å². The Morgan fingerprint density at radius 2 is 1.72 bits per heavy atom. The van der Waals surface area contributed by atoms with Gasteiger partial charge in [0.2, 0.25) is 5.91 Å². The van der Waals surface area contributed by atoms with Gasteiger partial charge < -0.3 is 16.4 Å². The van der Waals surface area contributed by atoms with Crippen LogP contribution in [0.15, 0.2) is 53.0 Å². The second kappa shape index (κ2) is 8.78. The highest BCUT2D eigenvalue weighted by Gasteiger charge is 2.22. The maximum atomic E-state index is 12.4. The van der Waals surface area contributed by atoms with Crippen LogP contribution in [0.3, 0.4) is 0 Å². The van der Waals surface area contributed by atoms with Crippen LogP contribution in [0, 0.1) is 0 Å². The molecule has 2 aromatic carbocycles. The summed E-state index contributed by atoms with van der Waals surface area (Å²) in [4.78, 5) is 23.5. The van der Waals surface area contributed by atoms with E-state index in [0.29, 0.717) is 11.3 Å². The lowest BCUT2D eigenvalue weighted by atomic mass is 10.0. The van der Waals surface area contributed by atoms with Crippen molar-refractivity contribution in [3.05, 3.63) is 64.1 Å². The van der Waals surface area contributed by atoms with Crippen LogP contribution in [-0.2, 0) is 4.79 Å². The number of benzene rings is 2. The molecule has 0 fully saturated rings. The Morgan fingerprint density at radius 1 is 1.12 bits per heavy atom. The number of hydrogen-bond acceptors (Lipinski definition) is 2. The van der Waals surface area contributed by atoms with Crippen molar-refractivity contribution in [2.24, 2.45) is 5.73 Å². The van der Waals surface area contributed by atoms with Gasteiger partial charge in [0.15, 0.2) is 6.04 Å². The minimum Gasteiger partial charge on any atom is -0.366 e. The molecule has 0 saturated carbocycles. The van der Waals surface area contributed by atoms with Gasteiger partial charge in [-0.25, -0.2) is 0 Å². The Labute approximate surface area is 156 Å². The number of carbonyl (C=O) groups is 2. The smallest absolute Gasteiger partial charge is 0.282 e. The Hall–Kier alpha value is -2.18. The topological polar surface area (TPSA) is 88.8 Å². The summed E-state index contributed by atoms with van der Waals surface area (Å²) in [7, 11) is 0. The van der Waals surface area contributed by atoms with E-state index in [1.807, 2.05) is 19.1 Å². The van der Waals surface area contributed by atoms with E-state index in [4.69, 9.17) is 5.73 Å². The molecule has 2 aromatic rings. The first kappa shape index (κ1) is 19.1. The number of anilines is 1. The fourth-order valence-corrected chi connectivity index (χ4v) is 2.87.